The summed E-state index contributed by atoms with van der Waals surface area (Å²) in [6, 6.07) is 0. The first-order chi connectivity index (χ1) is 7.66. The summed E-state index contributed by atoms with van der Waals surface area (Å²) in [5, 5.41) is 14.8. The lowest BCUT2D eigenvalue weighted by Gasteiger charge is -2.03. The highest BCUT2D eigenvalue weighted by Gasteiger charge is 2.05. The predicted molar refractivity (Wildman–Crippen MR) is 57.9 cm³/mol. The molecular formula is C10H13N5O. The molecule has 2 heterocycles. The fourth-order valence-electron chi connectivity index (χ4n) is 1.18. The summed E-state index contributed by atoms with van der Waals surface area (Å²) >= 11 is 0. The molecule has 0 saturated carbocycles. The molecular weight excluding hydrogens is 206 g/mol. The molecule has 1 N–H and O–H groups in total. The topological polar surface area (TPSA) is 76.7 Å². The van der Waals surface area contributed by atoms with Crippen molar-refractivity contribution in [3.63, 3.8) is 0 Å². The molecule has 2 aromatic heterocycles. The summed E-state index contributed by atoms with van der Waals surface area (Å²) < 4.78 is 4.83. The lowest BCUT2D eigenvalue weighted by Crippen LogP contribution is -2.07. The Labute approximate surface area is 93.1 Å². The summed E-state index contributed by atoms with van der Waals surface area (Å²) in [4.78, 5) is 4.26. The molecule has 2 aromatic rings. The van der Waals surface area contributed by atoms with E-state index in [4.69, 9.17) is 4.52 Å². The molecule has 0 bridgehead atoms. The van der Waals surface area contributed by atoms with Gasteiger partial charge in [0, 0.05) is 5.56 Å². The first-order valence-electron chi connectivity index (χ1n) is 4.98. The third-order valence-electron chi connectivity index (χ3n) is 2.35. The number of anilines is 1. The van der Waals surface area contributed by atoms with Crippen LogP contribution in [0.25, 0.3) is 0 Å². The summed E-state index contributed by atoms with van der Waals surface area (Å²) in [7, 11) is 0. The summed E-state index contributed by atoms with van der Waals surface area (Å²) in [5.41, 5.74) is 3.56. The standard InChI is InChI=1S/C10H13N5O/c1-6-5-16-15-9(6)4-11-10-12-7(2)8(3)13-14-10/h5H,4H2,1-3H3,(H,11,12,14). The van der Waals surface area contributed by atoms with Crippen LogP contribution >= 0.6 is 0 Å². The van der Waals surface area contributed by atoms with Gasteiger partial charge in [0.2, 0.25) is 5.95 Å². The van der Waals surface area contributed by atoms with Gasteiger partial charge in [0.05, 0.1) is 17.9 Å². The number of hydrogen-bond donors (Lipinski definition) is 1. The molecule has 0 aliphatic rings. The minimum Gasteiger partial charge on any atom is -0.364 e. The smallest absolute Gasteiger partial charge is 0.243 e. The zero-order valence-electron chi connectivity index (χ0n) is 9.48. The molecule has 0 unspecified atom stereocenters. The zero-order chi connectivity index (χ0) is 11.5. The van der Waals surface area contributed by atoms with Crippen molar-refractivity contribution in [2.75, 3.05) is 5.32 Å². The number of hydrogen-bond acceptors (Lipinski definition) is 6. The molecule has 6 heteroatoms. The van der Waals surface area contributed by atoms with Crippen LogP contribution < -0.4 is 5.32 Å². The number of rotatable bonds is 3. The van der Waals surface area contributed by atoms with Gasteiger partial charge in [-0.3, -0.25) is 0 Å². The van der Waals surface area contributed by atoms with Crippen LogP contribution in [0.1, 0.15) is 22.6 Å². The number of nitrogens with one attached hydrogen (secondary N) is 1. The van der Waals surface area contributed by atoms with Crippen molar-refractivity contribution >= 4 is 5.95 Å². The lowest BCUT2D eigenvalue weighted by molar-refractivity contribution is 0.412. The van der Waals surface area contributed by atoms with Crippen molar-refractivity contribution in [2.24, 2.45) is 0 Å². The van der Waals surface area contributed by atoms with Crippen LogP contribution in [-0.4, -0.2) is 20.3 Å². The molecule has 0 fully saturated rings. The van der Waals surface area contributed by atoms with Crippen LogP contribution in [0.4, 0.5) is 5.95 Å². The second kappa shape index (κ2) is 4.26. The van der Waals surface area contributed by atoms with E-state index >= 15 is 0 Å². The van der Waals surface area contributed by atoms with Gasteiger partial charge in [-0.2, -0.15) is 5.10 Å². The molecule has 16 heavy (non-hydrogen) atoms. The van der Waals surface area contributed by atoms with E-state index in [2.05, 4.69) is 25.7 Å². The first kappa shape index (κ1) is 10.5. The zero-order valence-corrected chi connectivity index (χ0v) is 9.48. The third-order valence-corrected chi connectivity index (χ3v) is 2.35. The molecule has 0 atom stereocenters. The van der Waals surface area contributed by atoms with Crippen molar-refractivity contribution in [1.29, 1.82) is 0 Å². The maximum absolute atomic E-state index is 4.83. The minimum absolute atomic E-state index is 0.505. The van der Waals surface area contributed by atoms with Crippen molar-refractivity contribution in [3.8, 4) is 0 Å². The highest BCUT2D eigenvalue weighted by molar-refractivity contribution is 5.27. The highest BCUT2D eigenvalue weighted by atomic mass is 16.5. The summed E-state index contributed by atoms with van der Waals surface area (Å²) in [5.74, 6) is 0.505. The Bertz CT molecular complexity index is 494. The molecule has 0 amide bonds. The van der Waals surface area contributed by atoms with Crippen LogP contribution in [0, 0.1) is 20.8 Å². The Morgan fingerprint density at radius 3 is 2.62 bits per heavy atom. The second-order valence-corrected chi connectivity index (χ2v) is 3.60. The molecule has 84 valence electrons. The molecule has 0 saturated heterocycles. The number of aromatic nitrogens is 4. The normalized spacial score (nSPS) is 10.4. The first-order valence-corrected chi connectivity index (χ1v) is 4.98. The minimum atomic E-state index is 0.505. The van der Waals surface area contributed by atoms with Gasteiger partial charge in [-0.25, -0.2) is 4.98 Å². The largest absolute Gasteiger partial charge is 0.364 e. The van der Waals surface area contributed by atoms with E-state index in [1.54, 1.807) is 6.26 Å². The monoisotopic (exact) mass is 219 g/mol. The van der Waals surface area contributed by atoms with E-state index in [0.29, 0.717) is 12.5 Å². The maximum Gasteiger partial charge on any atom is 0.243 e. The Balaban J connectivity index is 2.05. The van der Waals surface area contributed by atoms with Crippen LogP contribution in [-0.2, 0) is 6.54 Å². The van der Waals surface area contributed by atoms with Gasteiger partial charge in [0.15, 0.2) is 0 Å². The van der Waals surface area contributed by atoms with Gasteiger partial charge < -0.3 is 9.84 Å². The maximum atomic E-state index is 4.83. The Hall–Kier alpha value is -1.98. The lowest BCUT2D eigenvalue weighted by atomic mass is 10.3. The van der Waals surface area contributed by atoms with Gasteiger partial charge in [-0.05, 0) is 20.8 Å². The van der Waals surface area contributed by atoms with Gasteiger partial charge in [-0.15, -0.1) is 5.10 Å². The predicted octanol–water partition coefficient (Wildman–Crippen LogP) is 1.40. The Kier molecular flexibility index (Phi) is 2.80. The van der Waals surface area contributed by atoms with E-state index in [9.17, 15) is 0 Å². The number of aryl methyl sites for hydroxylation is 3. The average Bonchev–Trinajstić information content (AvgIpc) is 2.66. The molecule has 0 spiro atoms. The SMILES string of the molecule is Cc1conc1CNc1nnc(C)c(C)n1. The molecule has 2 rings (SSSR count). The third kappa shape index (κ3) is 2.16. The fraction of sp³-hybridized carbons (Fsp3) is 0.400. The second-order valence-electron chi connectivity index (χ2n) is 3.60. The summed E-state index contributed by atoms with van der Waals surface area (Å²) in [6.45, 7) is 6.25. The fourth-order valence-corrected chi connectivity index (χ4v) is 1.18. The van der Waals surface area contributed by atoms with Gasteiger partial charge in [-0.1, -0.05) is 5.16 Å². The van der Waals surface area contributed by atoms with E-state index in [-0.39, 0.29) is 0 Å². The van der Waals surface area contributed by atoms with Gasteiger partial charge in [0.25, 0.3) is 0 Å². The highest BCUT2D eigenvalue weighted by Crippen LogP contribution is 2.07. The van der Waals surface area contributed by atoms with Crippen molar-refractivity contribution < 1.29 is 4.52 Å². The van der Waals surface area contributed by atoms with Crippen molar-refractivity contribution in [2.45, 2.75) is 27.3 Å². The van der Waals surface area contributed by atoms with E-state index in [1.807, 2.05) is 20.8 Å². The van der Waals surface area contributed by atoms with Crippen molar-refractivity contribution in [1.82, 2.24) is 20.3 Å². The van der Waals surface area contributed by atoms with Crippen LogP contribution in [0.5, 0.6) is 0 Å². The van der Waals surface area contributed by atoms with Gasteiger partial charge in [0.1, 0.15) is 12.0 Å². The molecule has 0 aliphatic carbocycles. The molecule has 0 radical (unpaired) electrons. The molecule has 0 aliphatic heterocycles. The van der Waals surface area contributed by atoms with Gasteiger partial charge >= 0.3 is 0 Å². The van der Waals surface area contributed by atoms with Crippen LogP contribution in [0.15, 0.2) is 10.8 Å². The van der Waals surface area contributed by atoms with E-state index in [0.717, 1.165) is 22.6 Å². The molecule has 6 nitrogen and oxygen atoms in total. The van der Waals surface area contributed by atoms with Crippen LogP contribution in [0.2, 0.25) is 0 Å². The Morgan fingerprint density at radius 1 is 1.19 bits per heavy atom. The van der Waals surface area contributed by atoms with Crippen LogP contribution in [0.3, 0.4) is 0 Å². The Morgan fingerprint density at radius 2 is 2.00 bits per heavy atom. The average molecular weight is 219 g/mol. The van der Waals surface area contributed by atoms with Crippen molar-refractivity contribution in [3.05, 3.63) is 28.9 Å². The summed E-state index contributed by atoms with van der Waals surface area (Å²) in [6.07, 6.45) is 1.61. The molecule has 0 aromatic carbocycles. The number of nitrogens with zero attached hydrogens (tertiary/aromatic N) is 4. The van der Waals surface area contributed by atoms with E-state index in [1.165, 1.54) is 0 Å². The van der Waals surface area contributed by atoms with E-state index < -0.39 is 0 Å². The quantitative estimate of drug-likeness (QED) is 0.840.